The number of rotatable bonds is 2. The van der Waals surface area contributed by atoms with Gasteiger partial charge in [-0.15, -0.1) is 0 Å². The summed E-state index contributed by atoms with van der Waals surface area (Å²) in [5.74, 6) is 0.706. The van der Waals surface area contributed by atoms with Crippen molar-refractivity contribution >= 4 is 17.0 Å². The monoisotopic (exact) mass is 281 g/mol. The lowest BCUT2D eigenvalue weighted by Crippen LogP contribution is -2.02. The van der Waals surface area contributed by atoms with Gasteiger partial charge in [0.2, 0.25) is 5.95 Å². The number of hydrogen-bond donors (Lipinski definition) is 1. The van der Waals surface area contributed by atoms with Gasteiger partial charge in [-0.05, 0) is 30.5 Å². The van der Waals surface area contributed by atoms with Crippen molar-refractivity contribution in [2.75, 3.05) is 5.73 Å². The van der Waals surface area contributed by atoms with Crippen LogP contribution in [-0.2, 0) is 0 Å². The summed E-state index contributed by atoms with van der Waals surface area (Å²) in [6.45, 7) is 1.77. The fraction of sp³-hybridized carbons (Fsp3) is 0.235. The second kappa shape index (κ2) is 4.32. The fourth-order valence-electron chi connectivity index (χ4n) is 3.11. The molecule has 0 saturated heterocycles. The van der Waals surface area contributed by atoms with Crippen LogP contribution in [0.15, 0.2) is 42.5 Å². The molecule has 21 heavy (non-hydrogen) atoms. The molecule has 0 amide bonds. The highest BCUT2D eigenvalue weighted by atomic mass is 19.1. The Hall–Kier alpha value is -2.36. The van der Waals surface area contributed by atoms with Gasteiger partial charge in [0.1, 0.15) is 5.82 Å². The third-order valence-electron chi connectivity index (χ3n) is 4.31. The van der Waals surface area contributed by atoms with Crippen molar-refractivity contribution in [3.63, 3.8) is 0 Å². The van der Waals surface area contributed by atoms with E-state index in [0.29, 0.717) is 29.0 Å². The quantitative estimate of drug-likeness (QED) is 0.776. The fourth-order valence-corrected chi connectivity index (χ4v) is 3.11. The van der Waals surface area contributed by atoms with Gasteiger partial charge in [-0.1, -0.05) is 30.3 Å². The average Bonchev–Trinajstić information content (AvgIpc) is 3.19. The minimum atomic E-state index is -0.234. The number of nitrogens with zero attached hydrogens (tertiary/aromatic N) is 2. The van der Waals surface area contributed by atoms with Gasteiger partial charge >= 0.3 is 0 Å². The van der Waals surface area contributed by atoms with Gasteiger partial charge < -0.3 is 10.3 Å². The Morgan fingerprint density at radius 1 is 1.24 bits per heavy atom. The standard InChI is InChI=1S/C17H16FN3/c1-10-7-16-14(9-13(10)18)20-17(19)21(16)15-8-12(15)11-5-3-2-4-6-11/h2-7,9,12,15H,8H2,1H3,(H2,19,20). The van der Waals surface area contributed by atoms with Crippen LogP contribution in [0, 0.1) is 12.7 Å². The molecule has 1 fully saturated rings. The zero-order chi connectivity index (χ0) is 14.6. The molecule has 1 heterocycles. The molecule has 3 nitrogen and oxygen atoms in total. The van der Waals surface area contributed by atoms with Crippen LogP contribution in [0.25, 0.3) is 11.0 Å². The van der Waals surface area contributed by atoms with E-state index in [2.05, 4.69) is 33.8 Å². The molecular formula is C17H16FN3. The van der Waals surface area contributed by atoms with E-state index in [0.717, 1.165) is 11.9 Å². The molecule has 0 radical (unpaired) electrons. The molecule has 106 valence electrons. The Morgan fingerprint density at radius 3 is 2.76 bits per heavy atom. The van der Waals surface area contributed by atoms with Crippen LogP contribution in [-0.4, -0.2) is 9.55 Å². The number of fused-ring (bicyclic) bond motifs is 1. The first-order valence-corrected chi connectivity index (χ1v) is 7.13. The first kappa shape index (κ1) is 12.4. The van der Waals surface area contributed by atoms with Crippen LogP contribution in [0.2, 0.25) is 0 Å². The molecule has 4 heteroatoms. The van der Waals surface area contributed by atoms with Gasteiger partial charge in [0.05, 0.1) is 11.0 Å². The molecule has 1 aromatic heterocycles. The zero-order valence-corrected chi connectivity index (χ0v) is 11.8. The van der Waals surface area contributed by atoms with Gasteiger partial charge in [0.15, 0.2) is 0 Å². The zero-order valence-electron chi connectivity index (χ0n) is 11.8. The number of nitrogens with two attached hydrogens (primary N) is 1. The number of aromatic nitrogens is 2. The third-order valence-corrected chi connectivity index (χ3v) is 4.31. The first-order chi connectivity index (χ1) is 10.1. The van der Waals surface area contributed by atoms with Crippen molar-refractivity contribution < 1.29 is 4.39 Å². The predicted octanol–water partition coefficient (Wildman–Crippen LogP) is 3.79. The second-order valence-electron chi connectivity index (χ2n) is 5.75. The maximum absolute atomic E-state index is 13.7. The van der Waals surface area contributed by atoms with E-state index in [1.54, 1.807) is 6.92 Å². The summed E-state index contributed by atoms with van der Waals surface area (Å²) in [6, 6.07) is 14.1. The van der Waals surface area contributed by atoms with Crippen LogP contribution in [0.1, 0.15) is 29.5 Å². The van der Waals surface area contributed by atoms with Gasteiger partial charge in [-0.3, -0.25) is 0 Å². The normalized spacial score (nSPS) is 20.9. The predicted molar refractivity (Wildman–Crippen MR) is 81.7 cm³/mol. The molecule has 2 atom stereocenters. The molecule has 3 aromatic rings. The van der Waals surface area contributed by atoms with Crippen molar-refractivity contribution in [2.24, 2.45) is 0 Å². The van der Waals surface area contributed by atoms with Crippen molar-refractivity contribution in [1.29, 1.82) is 0 Å². The number of nitrogen functional groups attached to an aromatic ring is 1. The van der Waals surface area contributed by atoms with Gasteiger partial charge in [-0.25, -0.2) is 9.37 Å². The van der Waals surface area contributed by atoms with E-state index in [1.165, 1.54) is 11.6 Å². The number of benzene rings is 2. The Labute approximate surface area is 122 Å². The second-order valence-corrected chi connectivity index (χ2v) is 5.75. The molecule has 2 N–H and O–H groups in total. The SMILES string of the molecule is Cc1cc2c(cc1F)nc(N)n2C1CC1c1ccccc1. The summed E-state index contributed by atoms with van der Waals surface area (Å²) in [5.41, 5.74) is 9.57. The molecule has 4 rings (SSSR count). The molecule has 0 bridgehead atoms. The van der Waals surface area contributed by atoms with Crippen LogP contribution in [0.3, 0.4) is 0 Å². The Morgan fingerprint density at radius 2 is 2.00 bits per heavy atom. The maximum Gasteiger partial charge on any atom is 0.201 e. The molecule has 1 aliphatic carbocycles. The van der Waals surface area contributed by atoms with Crippen LogP contribution in [0.5, 0.6) is 0 Å². The number of aryl methyl sites for hydroxylation is 1. The van der Waals surface area contributed by atoms with E-state index in [1.807, 2.05) is 12.1 Å². The number of halogens is 1. The first-order valence-electron chi connectivity index (χ1n) is 7.13. The summed E-state index contributed by atoms with van der Waals surface area (Å²) < 4.78 is 15.7. The number of hydrogen-bond acceptors (Lipinski definition) is 2. The minimum Gasteiger partial charge on any atom is -0.369 e. The van der Waals surface area contributed by atoms with E-state index in [9.17, 15) is 4.39 Å². The summed E-state index contributed by atoms with van der Waals surface area (Å²) in [5, 5.41) is 0. The topological polar surface area (TPSA) is 43.8 Å². The molecule has 2 unspecified atom stereocenters. The van der Waals surface area contributed by atoms with E-state index >= 15 is 0 Å². The minimum absolute atomic E-state index is 0.234. The van der Waals surface area contributed by atoms with Crippen LogP contribution < -0.4 is 5.73 Å². The lowest BCUT2D eigenvalue weighted by atomic mass is 10.1. The van der Waals surface area contributed by atoms with Gasteiger partial charge in [0, 0.05) is 18.0 Å². The van der Waals surface area contributed by atoms with Crippen molar-refractivity contribution in [3.05, 3.63) is 59.4 Å². The molecule has 2 aromatic carbocycles. The van der Waals surface area contributed by atoms with Gasteiger partial charge in [0.25, 0.3) is 0 Å². The molecule has 0 aliphatic heterocycles. The Balaban J connectivity index is 1.78. The summed E-state index contributed by atoms with van der Waals surface area (Å²) in [4.78, 5) is 4.31. The lowest BCUT2D eigenvalue weighted by Gasteiger charge is -2.07. The average molecular weight is 281 g/mol. The van der Waals surface area contributed by atoms with Crippen molar-refractivity contribution in [3.8, 4) is 0 Å². The molecule has 1 saturated carbocycles. The smallest absolute Gasteiger partial charge is 0.201 e. The highest BCUT2D eigenvalue weighted by Crippen LogP contribution is 2.53. The largest absolute Gasteiger partial charge is 0.369 e. The highest BCUT2D eigenvalue weighted by Gasteiger charge is 2.41. The van der Waals surface area contributed by atoms with E-state index in [-0.39, 0.29) is 5.82 Å². The summed E-state index contributed by atoms with van der Waals surface area (Å²) >= 11 is 0. The van der Waals surface area contributed by atoms with Gasteiger partial charge in [-0.2, -0.15) is 0 Å². The molecule has 1 aliphatic rings. The maximum atomic E-state index is 13.7. The summed E-state index contributed by atoms with van der Waals surface area (Å²) in [7, 11) is 0. The van der Waals surface area contributed by atoms with Crippen molar-refractivity contribution in [2.45, 2.75) is 25.3 Å². The third kappa shape index (κ3) is 1.90. The lowest BCUT2D eigenvalue weighted by molar-refractivity contribution is 0.620. The van der Waals surface area contributed by atoms with Crippen LogP contribution >= 0.6 is 0 Å². The number of anilines is 1. The van der Waals surface area contributed by atoms with Crippen LogP contribution in [0.4, 0.5) is 10.3 Å². The Bertz CT molecular complexity index is 823. The number of imidazole rings is 1. The van der Waals surface area contributed by atoms with E-state index in [4.69, 9.17) is 5.73 Å². The molecular weight excluding hydrogens is 265 g/mol. The van der Waals surface area contributed by atoms with Crippen molar-refractivity contribution in [1.82, 2.24) is 9.55 Å². The summed E-state index contributed by atoms with van der Waals surface area (Å²) in [6.07, 6.45) is 1.05. The van der Waals surface area contributed by atoms with E-state index < -0.39 is 0 Å². The highest BCUT2D eigenvalue weighted by molar-refractivity contribution is 5.79. The molecule has 0 spiro atoms. The Kier molecular flexibility index (Phi) is 2.55.